The molecule has 1 heterocycles. The highest BCUT2D eigenvalue weighted by Gasteiger charge is 2.09. The van der Waals surface area contributed by atoms with Gasteiger partial charge in [-0.1, -0.05) is 17.7 Å². The summed E-state index contributed by atoms with van der Waals surface area (Å²) in [6.07, 6.45) is 3.01. The third-order valence-electron chi connectivity index (χ3n) is 2.81. The summed E-state index contributed by atoms with van der Waals surface area (Å²) in [5, 5.41) is 5.77. The van der Waals surface area contributed by atoms with E-state index in [0.717, 1.165) is 5.56 Å². The molecule has 0 spiro atoms. The topological polar surface area (TPSA) is 71.1 Å². The zero-order chi connectivity index (χ0) is 15.2. The van der Waals surface area contributed by atoms with Crippen molar-refractivity contribution in [3.8, 4) is 0 Å². The minimum absolute atomic E-state index is 0.125. The Kier molecular flexibility index (Phi) is 4.90. The van der Waals surface area contributed by atoms with Crippen LogP contribution in [0.15, 0.2) is 42.7 Å². The Morgan fingerprint density at radius 1 is 1.29 bits per heavy atom. The van der Waals surface area contributed by atoms with Crippen LogP contribution in [0.5, 0.6) is 0 Å². The number of rotatable bonds is 4. The summed E-state index contributed by atoms with van der Waals surface area (Å²) in [7, 11) is 0. The number of benzene rings is 1. The van der Waals surface area contributed by atoms with Gasteiger partial charge in [0.2, 0.25) is 5.91 Å². The van der Waals surface area contributed by atoms with E-state index in [1.807, 2.05) is 13.0 Å². The molecule has 2 amide bonds. The van der Waals surface area contributed by atoms with Gasteiger partial charge in [-0.25, -0.2) is 0 Å². The van der Waals surface area contributed by atoms with Gasteiger partial charge in [-0.3, -0.25) is 14.6 Å². The third-order valence-corrected chi connectivity index (χ3v) is 3.04. The average Bonchev–Trinajstić information content (AvgIpc) is 2.49. The molecule has 0 atom stereocenters. The van der Waals surface area contributed by atoms with Gasteiger partial charge in [0.25, 0.3) is 5.91 Å². The van der Waals surface area contributed by atoms with Crippen molar-refractivity contribution >= 4 is 29.1 Å². The molecule has 1 aromatic heterocycles. The van der Waals surface area contributed by atoms with Crippen molar-refractivity contribution in [1.82, 2.24) is 10.3 Å². The molecule has 108 valence electrons. The first kappa shape index (κ1) is 15.0. The van der Waals surface area contributed by atoms with Gasteiger partial charge in [0, 0.05) is 23.1 Å². The van der Waals surface area contributed by atoms with E-state index >= 15 is 0 Å². The second-order valence-corrected chi connectivity index (χ2v) is 4.87. The van der Waals surface area contributed by atoms with Crippen LogP contribution in [0.3, 0.4) is 0 Å². The third kappa shape index (κ3) is 4.29. The van der Waals surface area contributed by atoms with Gasteiger partial charge in [-0.2, -0.15) is 0 Å². The largest absolute Gasteiger partial charge is 0.343 e. The molecule has 0 bridgehead atoms. The van der Waals surface area contributed by atoms with Crippen LogP contribution in [0, 0.1) is 6.92 Å². The van der Waals surface area contributed by atoms with E-state index in [1.54, 1.807) is 30.5 Å². The minimum atomic E-state index is -0.346. The number of aromatic nitrogens is 1. The van der Waals surface area contributed by atoms with Gasteiger partial charge < -0.3 is 10.6 Å². The van der Waals surface area contributed by atoms with E-state index in [1.165, 1.54) is 6.20 Å². The molecule has 6 heteroatoms. The number of nitrogens with zero attached hydrogens (tertiary/aromatic N) is 1. The van der Waals surface area contributed by atoms with Gasteiger partial charge in [0.05, 0.1) is 12.1 Å². The summed E-state index contributed by atoms with van der Waals surface area (Å²) >= 11 is 5.88. The lowest BCUT2D eigenvalue weighted by molar-refractivity contribution is -0.115. The van der Waals surface area contributed by atoms with Crippen LogP contribution < -0.4 is 10.6 Å². The predicted molar refractivity (Wildman–Crippen MR) is 81.4 cm³/mol. The Hall–Kier alpha value is -2.40. The van der Waals surface area contributed by atoms with Crippen LogP contribution in [-0.2, 0) is 4.79 Å². The summed E-state index contributed by atoms with van der Waals surface area (Å²) in [5.74, 6) is -0.668. The molecule has 0 unspecified atom stereocenters. The molecule has 2 N–H and O–H groups in total. The summed E-state index contributed by atoms with van der Waals surface area (Å²) in [6, 6.07) is 8.51. The van der Waals surface area contributed by atoms with E-state index in [2.05, 4.69) is 15.6 Å². The highest BCUT2D eigenvalue weighted by atomic mass is 35.5. The first-order valence-corrected chi connectivity index (χ1v) is 6.68. The van der Waals surface area contributed by atoms with Crippen molar-refractivity contribution < 1.29 is 9.59 Å². The van der Waals surface area contributed by atoms with Gasteiger partial charge in [0.1, 0.15) is 0 Å². The highest BCUT2D eigenvalue weighted by molar-refractivity contribution is 6.31. The maximum atomic E-state index is 11.8. The zero-order valence-corrected chi connectivity index (χ0v) is 12.1. The standard InChI is InChI=1S/C15H14ClN3O2/c1-10-4-5-12(16)7-13(10)19-14(20)9-18-15(21)11-3-2-6-17-8-11/h2-8H,9H2,1H3,(H,18,21)(H,19,20). The number of aryl methyl sites for hydroxylation is 1. The van der Waals surface area contributed by atoms with Crippen LogP contribution in [0.4, 0.5) is 5.69 Å². The molecule has 0 saturated carbocycles. The molecule has 0 aliphatic rings. The average molecular weight is 304 g/mol. The van der Waals surface area contributed by atoms with Crippen molar-refractivity contribution in [3.63, 3.8) is 0 Å². The van der Waals surface area contributed by atoms with Crippen molar-refractivity contribution in [2.45, 2.75) is 6.92 Å². The lowest BCUT2D eigenvalue weighted by Gasteiger charge is -2.09. The molecule has 5 nitrogen and oxygen atoms in total. The Bertz CT molecular complexity index is 659. The van der Waals surface area contributed by atoms with E-state index in [9.17, 15) is 9.59 Å². The molecule has 0 fully saturated rings. The number of carbonyl (C=O) groups excluding carboxylic acids is 2. The molecule has 2 aromatic rings. The number of hydrogen-bond acceptors (Lipinski definition) is 3. The Morgan fingerprint density at radius 2 is 2.10 bits per heavy atom. The van der Waals surface area contributed by atoms with Crippen LogP contribution in [0.25, 0.3) is 0 Å². The Morgan fingerprint density at radius 3 is 2.81 bits per heavy atom. The summed E-state index contributed by atoms with van der Waals surface area (Å²) in [5.41, 5.74) is 1.93. The van der Waals surface area contributed by atoms with E-state index in [0.29, 0.717) is 16.3 Å². The Balaban J connectivity index is 1.91. The van der Waals surface area contributed by atoms with Crippen LogP contribution in [0.2, 0.25) is 5.02 Å². The summed E-state index contributed by atoms with van der Waals surface area (Å²) < 4.78 is 0. The van der Waals surface area contributed by atoms with Crippen molar-refractivity contribution in [2.75, 3.05) is 11.9 Å². The molecular weight excluding hydrogens is 290 g/mol. The van der Waals surface area contributed by atoms with Gasteiger partial charge in [-0.05, 0) is 36.8 Å². The summed E-state index contributed by atoms with van der Waals surface area (Å²) in [6.45, 7) is 1.74. The van der Waals surface area contributed by atoms with Crippen LogP contribution in [0.1, 0.15) is 15.9 Å². The van der Waals surface area contributed by atoms with Gasteiger partial charge in [-0.15, -0.1) is 0 Å². The molecular formula is C15H14ClN3O2. The second kappa shape index (κ2) is 6.85. The number of halogens is 1. The molecule has 2 rings (SSSR count). The molecule has 1 aromatic carbocycles. The fourth-order valence-electron chi connectivity index (χ4n) is 1.68. The first-order chi connectivity index (χ1) is 10.1. The molecule has 0 aliphatic carbocycles. The first-order valence-electron chi connectivity index (χ1n) is 6.30. The number of pyridine rings is 1. The fraction of sp³-hybridized carbons (Fsp3) is 0.133. The fourth-order valence-corrected chi connectivity index (χ4v) is 1.86. The molecule has 0 aliphatic heterocycles. The smallest absolute Gasteiger partial charge is 0.253 e. The van der Waals surface area contributed by atoms with E-state index < -0.39 is 0 Å². The van der Waals surface area contributed by atoms with Gasteiger partial charge >= 0.3 is 0 Å². The number of hydrogen-bond donors (Lipinski definition) is 2. The quantitative estimate of drug-likeness (QED) is 0.911. The van der Waals surface area contributed by atoms with Crippen molar-refractivity contribution in [3.05, 3.63) is 58.9 Å². The lowest BCUT2D eigenvalue weighted by atomic mass is 10.2. The normalized spacial score (nSPS) is 10.0. The van der Waals surface area contributed by atoms with Crippen LogP contribution >= 0.6 is 11.6 Å². The number of nitrogens with one attached hydrogen (secondary N) is 2. The summed E-state index contributed by atoms with van der Waals surface area (Å²) in [4.78, 5) is 27.4. The number of anilines is 1. The number of carbonyl (C=O) groups is 2. The lowest BCUT2D eigenvalue weighted by Crippen LogP contribution is -2.33. The van der Waals surface area contributed by atoms with Gasteiger partial charge in [0.15, 0.2) is 0 Å². The maximum absolute atomic E-state index is 11.8. The molecule has 21 heavy (non-hydrogen) atoms. The zero-order valence-electron chi connectivity index (χ0n) is 11.4. The highest BCUT2D eigenvalue weighted by Crippen LogP contribution is 2.19. The van der Waals surface area contributed by atoms with E-state index in [-0.39, 0.29) is 18.4 Å². The number of amides is 2. The predicted octanol–water partition coefficient (Wildman–Crippen LogP) is 2.41. The second-order valence-electron chi connectivity index (χ2n) is 4.43. The molecule has 0 radical (unpaired) electrons. The van der Waals surface area contributed by atoms with Crippen molar-refractivity contribution in [1.29, 1.82) is 0 Å². The SMILES string of the molecule is Cc1ccc(Cl)cc1NC(=O)CNC(=O)c1cccnc1. The minimum Gasteiger partial charge on any atom is -0.343 e. The van der Waals surface area contributed by atoms with E-state index in [4.69, 9.17) is 11.6 Å². The Labute approximate surface area is 127 Å². The monoisotopic (exact) mass is 303 g/mol. The molecule has 0 saturated heterocycles. The van der Waals surface area contributed by atoms with Crippen molar-refractivity contribution in [2.24, 2.45) is 0 Å². The maximum Gasteiger partial charge on any atom is 0.253 e. The van der Waals surface area contributed by atoms with Crippen LogP contribution in [-0.4, -0.2) is 23.3 Å².